The summed E-state index contributed by atoms with van der Waals surface area (Å²) in [5.74, 6) is 0. The van der Waals surface area contributed by atoms with E-state index in [4.69, 9.17) is 26.6 Å². The predicted molar refractivity (Wildman–Crippen MR) is 132 cm³/mol. The van der Waals surface area contributed by atoms with Crippen LogP contribution in [0.15, 0.2) is 48.5 Å². The molecule has 0 unspecified atom stereocenters. The Morgan fingerprint density at radius 3 is 0.812 bits per heavy atom. The maximum atomic E-state index is 6.02. The van der Waals surface area contributed by atoms with Crippen molar-refractivity contribution < 1.29 is 26.6 Å². The van der Waals surface area contributed by atoms with E-state index in [1.807, 2.05) is 41.5 Å². The Bertz CT molecular complexity index is 681. The fourth-order valence-electron chi connectivity index (χ4n) is 3.62. The molecule has 0 N–H and O–H groups in total. The van der Waals surface area contributed by atoms with Crippen LogP contribution < -0.4 is 10.4 Å². The molecule has 0 aliphatic carbocycles. The molecule has 0 radical (unpaired) electrons. The highest BCUT2D eigenvalue weighted by atomic mass is 28.4. The van der Waals surface area contributed by atoms with Gasteiger partial charge in [-0.2, -0.15) is 0 Å². The minimum absolute atomic E-state index is 0.542. The lowest BCUT2D eigenvalue weighted by Crippen LogP contribution is -2.57. The number of rotatable bonds is 15. The molecule has 0 spiro atoms. The predicted octanol–water partition coefficient (Wildman–Crippen LogP) is 3.86. The molecule has 32 heavy (non-hydrogen) atoms. The largest absolute Gasteiger partial charge is 0.537 e. The summed E-state index contributed by atoms with van der Waals surface area (Å²) in [5.41, 5.74) is 2.20. The normalized spacial score (nSPS) is 12.3. The van der Waals surface area contributed by atoms with Crippen LogP contribution in [0, 0.1) is 0 Å². The smallest absolute Gasteiger partial charge is 0.370 e. The van der Waals surface area contributed by atoms with Gasteiger partial charge in [-0.1, -0.05) is 48.5 Å². The van der Waals surface area contributed by atoms with Crippen LogP contribution in [0.1, 0.15) is 41.5 Å². The van der Waals surface area contributed by atoms with Gasteiger partial charge in [0.2, 0.25) is 0 Å². The van der Waals surface area contributed by atoms with Crippen LogP contribution in [0.5, 0.6) is 0 Å². The fraction of sp³-hybridized carbons (Fsp3) is 0.500. The molecule has 178 valence electrons. The molecule has 0 fully saturated rings. The molecule has 0 aliphatic heterocycles. The van der Waals surface area contributed by atoms with Crippen LogP contribution in [-0.4, -0.2) is 57.3 Å². The first-order chi connectivity index (χ1) is 15.5. The fourth-order valence-corrected chi connectivity index (χ4v) is 8.55. The van der Waals surface area contributed by atoms with E-state index in [9.17, 15) is 0 Å². The average Bonchev–Trinajstić information content (AvgIpc) is 2.80. The van der Waals surface area contributed by atoms with Gasteiger partial charge in [0, 0.05) is 50.0 Å². The van der Waals surface area contributed by atoms with Crippen molar-refractivity contribution in [3.8, 4) is 11.1 Å². The lowest BCUT2D eigenvalue weighted by atomic mass is 10.1. The van der Waals surface area contributed by atoms with Crippen LogP contribution in [0.4, 0.5) is 0 Å². The van der Waals surface area contributed by atoms with Crippen LogP contribution in [-0.2, 0) is 26.6 Å². The molecule has 8 heteroatoms. The van der Waals surface area contributed by atoms with Crippen LogP contribution in [0.25, 0.3) is 11.1 Å². The molecule has 0 heterocycles. The molecular weight excluding hydrogens is 440 g/mol. The third kappa shape index (κ3) is 6.36. The van der Waals surface area contributed by atoms with E-state index in [-0.39, 0.29) is 0 Å². The first-order valence-corrected chi connectivity index (χ1v) is 15.0. The summed E-state index contributed by atoms with van der Waals surface area (Å²) in [5, 5.41) is 1.94. The maximum Gasteiger partial charge on any atom is 0.537 e. The van der Waals surface area contributed by atoms with Gasteiger partial charge in [-0.05, 0) is 52.7 Å². The SMILES string of the molecule is CCO[Si](OCC)(OCC)c1ccc(-c2ccc([Si](OCC)(OCC)OCC)cc2)cc1. The molecule has 2 rings (SSSR count). The monoisotopic (exact) mass is 478 g/mol. The molecule has 0 aromatic heterocycles. The lowest BCUT2D eigenvalue weighted by Gasteiger charge is -2.29. The van der Waals surface area contributed by atoms with Crippen molar-refractivity contribution in [1.82, 2.24) is 0 Å². The van der Waals surface area contributed by atoms with Gasteiger partial charge in [-0.3, -0.25) is 0 Å². The second kappa shape index (κ2) is 13.4. The topological polar surface area (TPSA) is 55.4 Å². The Kier molecular flexibility index (Phi) is 11.2. The first-order valence-electron chi connectivity index (χ1n) is 11.6. The van der Waals surface area contributed by atoms with Gasteiger partial charge in [0.1, 0.15) is 0 Å². The summed E-state index contributed by atoms with van der Waals surface area (Å²) in [6.07, 6.45) is 0. The van der Waals surface area contributed by atoms with E-state index >= 15 is 0 Å². The van der Waals surface area contributed by atoms with Gasteiger partial charge in [0.05, 0.1) is 0 Å². The zero-order chi connectivity index (χ0) is 23.5. The molecular formula is C24H38O6Si2. The first kappa shape index (κ1) is 26.9. The second-order valence-corrected chi connectivity index (χ2v) is 12.0. The van der Waals surface area contributed by atoms with Crippen molar-refractivity contribution in [2.75, 3.05) is 39.6 Å². The molecule has 2 aromatic carbocycles. The zero-order valence-electron chi connectivity index (χ0n) is 20.3. The Morgan fingerprint density at radius 1 is 0.406 bits per heavy atom. The van der Waals surface area contributed by atoms with Crippen molar-refractivity contribution in [1.29, 1.82) is 0 Å². The van der Waals surface area contributed by atoms with Gasteiger partial charge >= 0.3 is 17.6 Å². The minimum Gasteiger partial charge on any atom is -0.370 e. The number of hydrogen-bond acceptors (Lipinski definition) is 6. The highest BCUT2D eigenvalue weighted by molar-refractivity contribution is 6.75. The van der Waals surface area contributed by atoms with E-state index in [0.29, 0.717) is 39.6 Å². The highest BCUT2D eigenvalue weighted by Crippen LogP contribution is 2.21. The molecule has 0 atom stereocenters. The Balaban J connectivity index is 2.33. The Labute approximate surface area is 195 Å². The minimum atomic E-state index is -2.90. The van der Waals surface area contributed by atoms with Crippen LogP contribution in [0.2, 0.25) is 0 Å². The van der Waals surface area contributed by atoms with Gasteiger partial charge in [-0.25, -0.2) is 0 Å². The molecule has 0 saturated carbocycles. The summed E-state index contributed by atoms with van der Waals surface area (Å²) >= 11 is 0. The van der Waals surface area contributed by atoms with Crippen molar-refractivity contribution in [3.05, 3.63) is 48.5 Å². The van der Waals surface area contributed by atoms with E-state index < -0.39 is 17.6 Å². The number of hydrogen-bond donors (Lipinski definition) is 0. The van der Waals surface area contributed by atoms with E-state index in [0.717, 1.165) is 21.5 Å². The summed E-state index contributed by atoms with van der Waals surface area (Å²) in [6, 6.07) is 16.5. The quantitative estimate of drug-likeness (QED) is 0.362. The Hall–Kier alpha value is -1.37. The van der Waals surface area contributed by atoms with Gasteiger partial charge in [-0.15, -0.1) is 0 Å². The van der Waals surface area contributed by atoms with Crippen molar-refractivity contribution in [3.63, 3.8) is 0 Å². The molecule has 6 nitrogen and oxygen atoms in total. The molecule has 0 aliphatic rings. The summed E-state index contributed by atoms with van der Waals surface area (Å²) < 4.78 is 36.1. The van der Waals surface area contributed by atoms with Crippen molar-refractivity contribution in [2.24, 2.45) is 0 Å². The van der Waals surface area contributed by atoms with E-state index in [2.05, 4.69) is 48.5 Å². The lowest BCUT2D eigenvalue weighted by molar-refractivity contribution is 0.0851. The van der Waals surface area contributed by atoms with Crippen LogP contribution >= 0.6 is 0 Å². The second-order valence-electron chi connectivity index (χ2n) is 6.87. The zero-order valence-corrected chi connectivity index (χ0v) is 22.3. The van der Waals surface area contributed by atoms with E-state index in [1.165, 1.54) is 0 Å². The maximum absolute atomic E-state index is 6.02. The standard InChI is InChI=1S/C24H38O6Si2/c1-7-25-31(26-8-2,27-9-3)23-17-13-21(14-18-23)22-15-19-24(20-16-22)32(28-10-4,29-11-5)30-12-6/h13-20H,7-12H2,1-6H3. The summed E-state index contributed by atoms with van der Waals surface area (Å²) in [7, 11) is -5.80. The van der Waals surface area contributed by atoms with Crippen molar-refractivity contribution >= 4 is 28.0 Å². The third-order valence-electron chi connectivity index (χ3n) is 4.82. The molecule has 2 aromatic rings. The van der Waals surface area contributed by atoms with Crippen molar-refractivity contribution in [2.45, 2.75) is 41.5 Å². The highest BCUT2D eigenvalue weighted by Gasteiger charge is 2.44. The third-order valence-corrected chi connectivity index (χ3v) is 10.9. The van der Waals surface area contributed by atoms with Gasteiger partial charge in [0.15, 0.2) is 0 Å². The van der Waals surface area contributed by atoms with Crippen LogP contribution in [0.3, 0.4) is 0 Å². The molecule has 0 saturated heterocycles. The van der Waals surface area contributed by atoms with E-state index in [1.54, 1.807) is 0 Å². The summed E-state index contributed by atoms with van der Waals surface area (Å²) in [6.45, 7) is 15.0. The number of benzene rings is 2. The molecule has 0 bridgehead atoms. The average molecular weight is 479 g/mol. The Morgan fingerprint density at radius 2 is 0.625 bits per heavy atom. The summed E-state index contributed by atoms with van der Waals surface area (Å²) in [4.78, 5) is 0. The van der Waals surface area contributed by atoms with Gasteiger partial charge < -0.3 is 26.6 Å². The molecule has 0 amide bonds. The van der Waals surface area contributed by atoms with Gasteiger partial charge in [0.25, 0.3) is 0 Å².